The maximum absolute atomic E-state index is 4.22. The Morgan fingerprint density at radius 2 is 1.95 bits per heavy atom. The Hall–Kier alpha value is -2.14. The second-order valence-electron chi connectivity index (χ2n) is 4.80. The Morgan fingerprint density at radius 3 is 2.57 bits per heavy atom. The van der Waals surface area contributed by atoms with Crippen molar-refractivity contribution in [3.63, 3.8) is 0 Å². The van der Waals surface area contributed by atoms with Crippen molar-refractivity contribution in [2.75, 3.05) is 5.32 Å². The van der Waals surface area contributed by atoms with E-state index in [0.29, 0.717) is 0 Å². The summed E-state index contributed by atoms with van der Waals surface area (Å²) in [4.78, 5) is 8.28. The molecule has 0 radical (unpaired) electrons. The first kappa shape index (κ1) is 13.8. The minimum Gasteiger partial charge on any atom is -0.377 e. The van der Waals surface area contributed by atoms with E-state index in [9.17, 15) is 0 Å². The van der Waals surface area contributed by atoms with Gasteiger partial charge in [-0.3, -0.25) is 0 Å². The zero-order valence-corrected chi connectivity index (χ0v) is 13.2. The van der Waals surface area contributed by atoms with E-state index < -0.39 is 0 Å². The number of benzene rings is 1. The smallest absolute Gasteiger partial charge is 0.106 e. The molecule has 0 bridgehead atoms. The number of aromatic nitrogens is 3. The van der Waals surface area contributed by atoms with Gasteiger partial charge in [-0.25, -0.2) is 9.97 Å². The zero-order valence-electron chi connectivity index (χ0n) is 11.6. The van der Waals surface area contributed by atoms with Gasteiger partial charge in [0, 0.05) is 24.1 Å². The van der Waals surface area contributed by atoms with Crippen LogP contribution >= 0.6 is 15.9 Å². The second kappa shape index (κ2) is 6.10. The van der Waals surface area contributed by atoms with Crippen LogP contribution in [0.5, 0.6) is 0 Å². The van der Waals surface area contributed by atoms with Crippen LogP contribution in [0.25, 0.3) is 5.69 Å². The Morgan fingerprint density at radius 1 is 1.14 bits per heavy atom. The van der Waals surface area contributed by atoms with Crippen molar-refractivity contribution in [1.82, 2.24) is 14.5 Å². The molecule has 0 fully saturated rings. The van der Waals surface area contributed by atoms with Crippen LogP contribution in [0, 0.1) is 0 Å². The molecule has 5 heteroatoms. The fourth-order valence-corrected chi connectivity index (χ4v) is 2.38. The molecule has 0 aliphatic rings. The van der Waals surface area contributed by atoms with Crippen LogP contribution in [0.4, 0.5) is 5.69 Å². The predicted molar refractivity (Wildman–Crippen MR) is 87.5 cm³/mol. The molecule has 2 heterocycles. The summed E-state index contributed by atoms with van der Waals surface area (Å²) in [7, 11) is 0. The molecular weight excluding hydrogens is 328 g/mol. The van der Waals surface area contributed by atoms with Crippen LogP contribution in [0.2, 0.25) is 0 Å². The van der Waals surface area contributed by atoms with Crippen molar-refractivity contribution in [2.24, 2.45) is 0 Å². The van der Waals surface area contributed by atoms with Crippen molar-refractivity contribution in [3.05, 3.63) is 71.5 Å². The van der Waals surface area contributed by atoms with Gasteiger partial charge < -0.3 is 9.88 Å². The summed E-state index contributed by atoms with van der Waals surface area (Å²) in [5.41, 5.74) is 3.33. The van der Waals surface area contributed by atoms with Crippen LogP contribution in [0.15, 0.2) is 65.9 Å². The van der Waals surface area contributed by atoms with Crippen LogP contribution in [0.3, 0.4) is 0 Å². The van der Waals surface area contributed by atoms with Crippen molar-refractivity contribution < 1.29 is 0 Å². The highest BCUT2D eigenvalue weighted by atomic mass is 79.9. The lowest BCUT2D eigenvalue weighted by Gasteiger charge is -2.16. The van der Waals surface area contributed by atoms with Crippen molar-refractivity contribution >= 4 is 21.6 Å². The van der Waals surface area contributed by atoms with Crippen LogP contribution in [-0.4, -0.2) is 14.5 Å². The molecule has 3 aromatic rings. The summed E-state index contributed by atoms with van der Waals surface area (Å²) in [6.45, 7) is 2.13. The number of hydrogen-bond donors (Lipinski definition) is 1. The molecule has 0 spiro atoms. The maximum Gasteiger partial charge on any atom is 0.106 e. The van der Waals surface area contributed by atoms with E-state index >= 15 is 0 Å². The Balaban J connectivity index is 1.73. The summed E-state index contributed by atoms with van der Waals surface area (Å²) in [5.74, 6) is 0. The van der Waals surface area contributed by atoms with E-state index in [-0.39, 0.29) is 6.04 Å². The van der Waals surface area contributed by atoms with Gasteiger partial charge in [0.05, 0.1) is 18.2 Å². The van der Waals surface area contributed by atoms with Gasteiger partial charge in [0.25, 0.3) is 0 Å². The van der Waals surface area contributed by atoms with Crippen LogP contribution in [0.1, 0.15) is 18.5 Å². The van der Waals surface area contributed by atoms with E-state index in [1.54, 1.807) is 12.5 Å². The van der Waals surface area contributed by atoms with Gasteiger partial charge in [-0.2, -0.15) is 0 Å². The highest BCUT2D eigenvalue weighted by molar-refractivity contribution is 9.10. The van der Waals surface area contributed by atoms with E-state index in [4.69, 9.17) is 0 Å². The van der Waals surface area contributed by atoms with Crippen molar-refractivity contribution in [1.29, 1.82) is 0 Å². The van der Waals surface area contributed by atoms with E-state index in [0.717, 1.165) is 16.0 Å². The molecule has 106 valence electrons. The van der Waals surface area contributed by atoms with Gasteiger partial charge in [-0.05, 0) is 52.7 Å². The number of pyridine rings is 1. The molecule has 3 rings (SSSR count). The SMILES string of the molecule is CC(Nc1ccc(Br)nc1)c1ccc(-n2ccnc2)cc1. The molecule has 0 aliphatic heterocycles. The molecular formula is C16H15BrN4. The first-order chi connectivity index (χ1) is 10.2. The predicted octanol–water partition coefficient (Wildman–Crippen LogP) is 4.20. The topological polar surface area (TPSA) is 42.7 Å². The van der Waals surface area contributed by atoms with Crippen molar-refractivity contribution in [3.8, 4) is 5.69 Å². The fourth-order valence-electron chi connectivity index (χ4n) is 2.14. The standard InChI is InChI=1S/C16H15BrN4/c1-12(20-14-4-7-16(17)19-10-14)13-2-5-15(6-3-13)21-9-8-18-11-21/h2-12,20H,1H3. The highest BCUT2D eigenvalue weighted by Gasteiger charge is 2.06. The summed E-state index contributed by atoms with van der Waals surface area (Å²) in [6.07, 6.45) is 7.33. The van der Waals surface area contributed by atoms with E-state index in [1.165, 1.54) is 5.56 Å². The van der Waals surface area contributed by atoms with Crippen molar-refractivity contribution in [2.45, 2.75) is 13.0 Å². The van der Waals surface area contributed by atoms with Gasteiger partial charge in [0.15, 0.2) is 0 Å². The third-order valence-electron chi connectivity index (χ3n) is 3.31. The number of rotatable bonds is 4. The Bertz CT molecular complexity index is 690. The lowest BCUT2D eigenvalue weighted by Crippen LogP contribution is -2.06. The molecule has 1 N–H and O–H groups in total. The Labute approximate surface area is 132 Å². The molecule has 0 saturated carbocycles. The molecule has 4 nitrogen and oxygen atoms in total. The first-order valence-electron chi connectivity index (χ1n) is 6.69. The molecule has 1 unspecified atom stereocenters. The monoisotopic (exact) mass is 342 g/mol. The Kier molecular flexibility index (Phi) is 4.01. The van der Waals surface area contributed by atoms with Gasteiger partial charge in [0.2, 0.25) is 0 Å². The number of imidazole rings is 1. The summed E-state index contributed by atoms with van der Waals surface area (Å²) in [5, 5.41) is 3.44. The summed E-state index contributed by atoms with van der Waals surface area (Å²) in [6, 6.07) is 12.6. The molecule has 0 saturated heterocycles. The molecule has 2 aromatic heterocycles. The third kappa shape index (κ3) is 3.31. The molecule has 0 amide bonds. The third-order valence-corrected chi connectivity index (χ3v) is 3.78. The van der Waals surface area contributed by atoms with Gasteiger partial charge >= 0.3 is 0 Å². The average Bonchev–Trinajstić information content (AvgIpc) is 3.04. The molecule has 0 aliphatic carbocycles. The van der Waals surface area contributed by atoms with Gasteiger partial charge in [-0.15, -0.1) is 0 Å². The number of nitrogens with one attached hydrogen (secondary N) is 1. The average molecular weight is 343 g/mol. The van der Waals surface area contributed by atoms with E-state index in [2.05, 4.69) is 62.4 Å². The quantitative estimate of drug-likeness (QED) is 0.722. The molecule has 1 aromatic carbocycles. The fraction of sp³-hybridized carbons (Fsp3) is 0.125. The number of anilines is 1. The summed E-state index contributed by atoms with van der Waals surface area (Å²) >= 11 is 3.34. The maximum atomic E-state index is 4.22. The highest BCUT2D eigenvalue weighted by Crippen LogP contribution is 2.21. The van der Waals surface area contributed by atoms with Crippen LogP contribution in [-0.2, 0) is 0 Å². The summed E-state index contributed by atoms with van der Waals surface area (Å²) < 4.78 is 2.82. The second-order valence-corrected chi connectivity index (χ2v) is 5.61. The number of halogens is 1. The van der Waals surface area contributed by atoms with Gasteiger partial charge in [-0.1, -0.05) is 12.1 Å². The molecule has 21 heavy (non-hydrogen) atoms. The lowest BCUT2D eigenvalue weighted by atomic mass is 10.1. The number of hydrogen-bond acceptors (Lipinski definition) is 3. The minimum atomic E-state index is 0.213. The normalized spacial score (nSPS) is 12.1. The lowest BCUT2D eigenvalue weighted by molar-refractivity contribution is 0.880. The van der Waals surface area contributed by atoms with E-state index in [1.807, 2.05) is 29.1 Å². The number of nitrogens with zero attached hydrogens (tertiary/aromatic N) is 3. The first-order valence-corrected chi connectivity index (χ1v) is 7.48. The van der Waals surface area contributed by atoms with Gasteiger partial charge in [0.1, 0.15) is 4.60 Å². The zero-order chi connectivity index (χ0) is 14.7. The minimum absolute atomic E-state index is 0.213. The molecule has 1 atom stereocenters. The van der Waals surface area contributed by atoms with Crippen LogP contribution < -0.4 is 5.32 Å². The largest absolute Gasteiger partial charge is 0.377 e.